The van der Waals surface area contributed by atoms with E-state index in [0.29, 0.717) is 21.3 Å². The van der Waals surface area contributed by atoms with Crippen LogP contribution in [0.25, 0.3) is 28.2 Å². The number of halogens is 1. The van der Waals surface area contributed by atoms with Crippen molar-refractivity contribution in [3.05, 3.63) is 125 Å². The molecule has 1 amide bonds. The first-order chi connectivity index (χ1) is 18.5. The van der Waals surface area contributed by atoms with E-state index in [4.69, 9.17) is 4.74 Å². The van der Waals surface area contributed by atoms with Gasteiger partial charge in [-0.25, -0.2) is 5.43 Å². The van der Waals surface area contributed by atoms with Crippen LogP contribution >= 0.6 is 15.9 Å². The molecule has 188 valence electrons. The van der Waals surface area contributed by atoms with Crippen LogP contribution in [0.5, 0.6) is 11.5 Å². The van der Waals surface area contributed by atoms with E-state index in [1.807, 2.05) is 48.5 Å². The van der Waals surface area contributed by atoms with Crippen LogP contribution in [0.15, 0.2) is 119 Å². The number of carbonyl (C=O) groups is 1. The molecule has 0 aliphatic rings. The number of hydrogen-bond donors (Lipinski definition) is 2. The Morgan fingerprint density at radius 2 is 1.45 bits per heavy atom. The molecule has 0 atom stereocenters. The zero-order valence-corrected chi connectivity index (χ0v) is 22.1. The van der Waals surface area contributed by atoms with Gasteiger partial charge in [0, 0.05) is 11.3 Å². The van der Waals surface area contributed by atoms with E-state index in [9.17, 15) is 9.90 Å². The molecule has 0 radical (unpaired) electrons. The topological polar surface area (TPSA) is 75.8 Å². The van der Waals surface area contributed by atoms with Gasteiger partial charge >= 0.3 is 0 Å². The second-order valence-corrected chi connectivity index (χ2v) is 9.33. The van der Waals surface area contributed by atoms with Crippen molar-refractivity contribution in [3.63, 3.8) is 0 Å². The maximum Gasteiger partial charge on any atom is 0.271 e. The molecule has 0 spiro atoms. The van der Waals surface area contributed by atoms with E-state index in [0.717, 1.165) is 28.2 Å². The van der Waals surface area contributed by atoms with Crippen molar-refractivity contribution < 1.29 is 14.6 Å². The summed E-state index contributed by atoms with van der Waals surface area (Å²) in [7, 11) is 1.47. The highest BCUT2D eigenvalue weighted by Crippen LogP contribution is 2.35. The largest absolute Gasteiger partial charge is 0.503 e. The fourth-order valence-electron chi connectivity index (χ4n) is 4.20. The first kappa shape index (κ1) is 25.0. The normalized spacial score (nSPS) is 11.0. The van der Waals surface area contributed by atoms with Crippen LogP contribution in [0.1, 0.15) is 15.9 Å². The third-order valence-corrected chi connectivity index (χ3v) is 6.66. The number of hydrogen-bond acceptors (Lipinski definition) is 4. The van der Waals surface area contributed by atoms with E-state index >= 15 is 0 Å². The zero-order valence-electron chi connectivity index (χ0n) is 20.5. The quantitative estimate of drug-likeness (QED) is 0.164. The Bertz CT molecular complexity index is 1540. The summed E-state index contributed by atoms with van der Waals surface area (Å²) in [5, 5.41) is 14.0. The van der Waals surface area contributed by atoms with Crippen LogP contribution in [0, 0.1) is 0 Å². The molecule has 1 aromatic heterocycles. The monoisotopic (exact) mass is 565 g/mol. The van der Waals surface area contributed by atoms with E-state index in [2.05, 4.69) is 67.4 Å². The highest BCUT2D eigenvalue weighted by molar-refractivity contribution is 9.10. The Labute approximate surface area is 229 Å². The molecule has 38 heavy (non-hydrogen) atoms. The summed E-state index contributed by atoms with van der Waals surface area (Å²) in [4.78, 5) is 12.7. The van der Waals surface area contributed by atoms with Gasteiger partial charge in [0.1, 0.15) is 0 Å². The number of phenolic OH excluding ortho intramolecular Hbond substituents is 1. The number of nitrogens with one attached hydrogen (secondary N) is 1. The van der Waals surface area contributed by atoms with Crippen molar-refractivity contribution in [2.75, 3.05) is 7.11 Å². The minimum absolute atomic E-state index is 0.00214. The van der Waals surface area contributed by atoms with E-state index in [1.165, 1.54) is 13.3 Å². The number of hydrazone groups is 1. The summed E-state index contributed by atoms with van der Waals surface area (Å²) < 4.78 is 7.81. The average molecular weight is 566 g/mol. The van der Waals surface area contributed by atoms with Gasteiger partial charge in [-0.15, -0.1) is 0 Å². The predicted octanol–water partition coefficient (Wildman–Crippen LogP) is 7.05. The van der Waals surface area contributed by atoms with E-state index in [1.54, 1.807) is 24.3 Å². The minimum Gasteiger partial charge on any atom is -0.503 e. The number of carbonyl (C=O) groups excluding carboxylic acids is 1. The zero-order chi connectivity index (χ0) is 26.5. The molecule has 0 bridgehead atoms. The molecular formula is C31H24BrN3O3. The molecule has 2 N–H and O–H groups in total. The highest BCUT2D eigenvalue weighted by atomic mass is 79.9. The molecule has 4 aromatic carbocycles. The van der Waals surface area contributed by atoms with Gasteiger partial charge in [-0.05, 0) is 81.2 Å². The predicted molar refractivity (Wildman–Crippen MR) is 154 cm³/mol. The summed E-state index contributed by atoms with van der Waals surface area (Å²) >= 11 is 3.28. The van der Waals surface area contributed by atoms with Crippen LogP contribution in [-0.2, 0) is 0 Å². The average Bonchev–Trinajstić information content (AvgIpc) is 3.41. The number of ether oxygens (including phenoxy) is 1. The van der Waals surface area contributed by atoms with Crippen LogP contribution in [0.4, 0.5) is 0 Å². The molecule has 0 fully saturated rings. The fourth-order valence-corrected chi connectivity index (χ4v) is 4.66. The van der Waals surface area contributed by atoms with E-state index in [-0.39, 0.29) is 11.7 Å². The standard InChI is InChI=1S/C31H24BrN3O3/c1-38-29-19-21(18-26(32)30(29)36)20-33-34-31(37)24-12-14-25(15-13-24)35-27(22-8-4-2-5-9-22)16-17-28(35)23-10-6-3-7-11-23/h2-20,36H,1H3,(H,34,37)/b33-20-. The SMILES string of the molecule is COc1cc(/C=N\NC(=O)c2ccc(-n3c(-c4ccccc4)ccc3-c3ccccc3)cc2)cc(Br)c1O. The lowest BCUT2D eigenvalue weighted by molar-refractivity contribution is 0.0955. The molecule has 0 unspecified atom stereocenters. The smallest absolute Gasteiger partial charge is 0.271 e. The number of aromatic hydroxyl groups is 1. The summed E-state index contributed by atoms with van der Waals surface area (Å²) in [6.45, 7) is 0. The second-order valence-electron chi connectivity index (χ2n) is 8.47. The minimum atomic E-state index is -0.336. The Morgan fingerprint density at radius 1 is 0.868 bits per heavy atom. The lowest BCUT2D eigenvalue weighted by Gasteiger charge is -2.15. The molecule has 0 aliphatic heterocycles. The lowest BCUT2D eigenvalue weighted by Crippen LogP contribution is -2.17. The van der Waals surface area contributed by atoms with Gasteiger partial charge in [0.2, 0.25) is 0 Å². The van der Waals surface area contributed by atoms with Crippen molar-refractivity contribution in [2.24, 2.45) is 5.10 Å². The van der Waals surface area contributed by atoms with Gasteiger partial charge in [-0.2, -0.15) is 5.10 Å². The summed E-state index contributed by atoms with van der Waals surface area (Å²) in [6, 6.07) is 35.4. The lowest BCUT2D eigenvalue weighted by atomic mass is 10.1. The van der Waals surface area contributed by atoms with Gasteiger partial charge in [0.15, 0.2) is 11.5 Å². The van der Waals surface area contributed by atoms with Crippen LogP contribution in [-0.4, -0.2) is 28.9 Å². The Balaban J connectivity index is 1.40. The van der Waals surface area contributed by atoms with Crippen molar-refractivity contribution in [1.29, 1.82) is 0 Å². The van der Waals surface area contributed by atoms with Gasteiger partial charge in [0.25, 0.3) is 5.91 Å². The third-order valence-electron chi connectivity index (χ3n) is 6.06. The molecule has 6 nitrogen and oxygen atoms in total. The van der Waals surface area contributed by atoms with Crippen molar-refractivity contribution in [2.45, 2.75) is 0 Å². The number of rotatable bonds is 7. The Morgan fingerprint density at radius 3 is 2.00 bits per heavy atom. The summed E-state index contributed by atoms with van der Waals surface area (Å²) in [6.07, 6.45) is 1.48. The fraction of sp³-hybridized carbons (Fsp3) is 0.0323. The second kappa shape index (κ2) is 11.2. The van der Waals surface area contributed by atoms with Crippen LogP contribution in [0.2, 0.25) is 0 Å². The molecular weight excluding hydrogens is 542 g/mol. The summed E-state index contributed by atoms with van der Waals surface area (Å²) in [5.41, 5.74) is 8.93. The molecule has 0 saturated carbocycles. The molecule has 1 heterocycles. The van der Waals surface area contributed by atoms with Crippen molar-refractivity contribution >= 4 is 28.1 Å². The number of nitrogens with zero attached hydrogens (tertiary/aromatic N) is 2. The molecule has 5 aromatic rings. The first-order valence-electron chi connectivity index (χ1n) is 11.9. The van der Waals surface area contributed by atoms with Gasteiger partial charge < -0.3 is 14.4 Å². The number of benzene rings is 4. The number of methoxy groups -OCH3 is 1. The van der Waals surface area contributed by atoms with Gasteiger partial charge in [0.05, 0.1) is 29.2 Å². The highest BCUT2D eigenvalue weighted by Gasteiger charge is 2.14. The van der Waals surface area contributed by atoms with Gasteiger partial charge in [-0.1, -0.05) is 60.7 Å². The Hall–Kier alpha value is -4.62. The first-order valence-corrected chi connectivity index (χ1v) is 12.7. The van der Waals surface area contributed by atoms with Crippen molar-refractivity contribution in [3.8, 4) is 39.7 Å². The van der Waals surface area contributed by atoms with E-state index < -0.39 is 0 Å². The van der Waals surface area contributed by atoms with Crippen LogP contribution < -0.4 is 10.2 Å². The number of phenols is 1. The molecule has 5 rings (SSSR count). The number of amides is 1. The van der Waals surface area contributed by atoms with Crippen molar-refractivity contribution in [1.82, 2.24) is 9.99 Å². The van der Waals surface area contributed by atoms with Crippen LogP contribution in [0.3, 0.4) is 0 Å². The maximum absolute atomic E-state index is 12.7. The number of aromatic nitrogens is 1. The molecule has 0 saturated heterocycles. The molecule has 7 heteroatoms. The van der Waals surface area contributed by atoms with Gasteiger partial charge in [-0.3, -0.25) is 4.79 Å². The Kier molecular flexibility index (Phi) is 7.38. The summed E-state index contributed by atoms with van der Waals surface area (Å²) in [5.74, 6) is -0.0310. The maximum atomic E-state index is 12.7. The third kappa shape index (κ3) is 5.23. The molecule has 0 aliphatic carbocycles.